The van der Waals surface area contributed by atoms with Crippen LogP contribution in [0, 0.1) is 5.92 Å². The van der Waals surface area contributed by atoms with Crippen molar-refractivity contribution in [3.05, 3.63) is 0 Å². The standard InChI is InChI=1S/C12H25NO2/c1-4-11(10-5-6-10)13-12(2,7-8-14)9-15-3/h10-11,13-14H,4-9H2,1-3H3. The number of nitrogens with one attached hydrogen (secondary N) is 1. The highest BCUT2D eigenvalue weighted by Gasteiger charge is 2.35. The second kappa shape index (κ2) is 5.83. The summed E-state index contributed by atoms with van der Waals surface area (Å²) in [6.45, 7) is 5.24. The van der Waals surface area contributed by atoms with Crippen molar-refractivity contribution in [3.63, 3.8) is 0 Å². The van der Waals surface area contributed by atoms with Crippen molar-refractivity contribution >= 4 is 0 Å². The summed E-state index contributed by atoms with van der Waals surface area (Å²) in [7, 11) is 1.72. The normalized spacial score (nSPS) is 22.4. The molecule has 0 aromatic rings. The highest BCUT2D eigenvalue weighted by Crippen LogP contribution is 2.35. The van der Waals surface area contributed by atoms with Gasteiger partial charge in [-0.2, -0.15) is 0 Å². The Kier molecular flexibility index (Phi) is 5.03. The van der Waals surface area contributed by atoms with Gasteiger partial charge in [0, 0.05) is 25.3 Å². The zero-order valence-electron chi connectivity index (χ0n) is 10.3. The minimum absolute atomic E-state index is 0.0766. The molecule has 1 aliphatic carbocycles. The highest BCUT2D eigenvalue weighted by atomic mass is 16.5. The van der Waals surface area contributed by atoms with Crippen molar-refractivity contribution in [2.24, 2.45) is 5.92 Å². The lowest BCUT2D eigenvalue weighted by molar-refractivity contribution is 0.0869. The molecule has 2 N–H and O–H groups in total. The number of aliphatic hydroxyl groups excluding tert-OH is 1. The molecule has 0 spiro atoms. The quantitative estimate of drug-likeness (QED) is 0.645. The van der Waals surface area contributed by atoms with Gasteiger partial charge >= 0.3 is 0 Å². The molecule has 0 amide bonds. The van der Waals surface area contributed by atoms with Gasteiger partial charge in [-0.15, -0.1) is 0 Å². The summed E-state index contributed by atoms with van der Waals surface area (Å²) in [4.78, 5) is 0. The molecular weight excluding hydrogens is 190 g/mol. The molecule has 15 heavy (non-hydrogen) atoms. The second-order valence-electron chi connectivity index (χ2n) is 4.96. The van der Waals surface area contributed by atoms with Crippen LogP contribution in [0.1, 0.15) is 39.5 Å². The van der Waals surface area contributed by atoms with Crippen LogP contribution in [0.2, 0.25) is 0 Å². The topological polar surface area (TPSA) is 41.5 Å². The van der Waals surface area contributed by atoms with E-state index >= 15 is 0 Å². The monoisotopic (exact) mass is 215 g/mol. The predicted octanol–water partition coefficient (Wildman–Crippen LogP) is 1.55. The molecule has 0 aliphatic heterocycles. The molecule has 90 valence electrons. The van der Waals surface area contributed by atoms with Gasteiger partial charge in [-0.1, -0.05) is 6.92 Å². The maximum Gasteiger partial charge on any atom is 0.0642 e. The third kappa shape index (κ3) is 4.09. The van der Waals surface area contributed by atoms with Crippen LogP contribution in [0.15, 0.2) is 0 Å². The summed E-state index contributed by atoms with van der Waals surface area (Å²) in [6.07, 6.45) is 4.63. The lowest BCUT2D eigenvalue weighted by Gasteiger charge is -2.34. The summed E-state index contributed by atoms with van der Waals surface area (Å²) >= 11 is 0. The van der Waals surface area contributed by atoms with E-state index in [0.717, 1.165) is 18.8 Å². The van der Waals surface area contributed by atoms with Gasteiger partial charge in [-0.25, -0.2) is 0 Å². The Labute approximate surface area is 93.2 Å². The van der Waals surface area contributed by atoms with Gasteiger partial charge in [0.05, 0.1) is 6.61 Å². The third-order valence-electron chi connectivity index (χ3n) is 3.29. The Balaban J connectivity index is 2.46. The van der Waals surface area contributed by atoms with Crippen molar-refractivity contribution < 1.29 is 9.84 Å². The third-order valence-corrected chi connectivity index (χ3v) is 3.29. The average molecular weight is 215 g/mol. The van der Waals surface area contributed by atoms with E-state index in [9.17, 15) is 0 Å². The first-order valence-corrected chi connectivity index (χ1v) is 6.02. The molecule has 1 aliphatic rings. The molecule has 0 radical (unpaired) electrons. The molecule has 0 heterocycles. The minimum Gasteiger partial charge on any atom is -0.396 e. The van der Waals surface area contributed by atoms with Gasteiger partial charge in [0.15, 0.2) is 0 Å². The molecule has 0 saturated heterocycles. The lowest BCUT2D eigenvalue weighted by atomic mass is 9.96. The van der Waals surface area contributed by atoms with Crippen LogP contribution in [0.4, 0.5) is 0 Å². The van der Waals surface area contributed by atoms with E-state index in [-0.39, 0.29) is 12.1 Å². The van der Waals surface area contributed by atoms with Crippen LogP contribution < -0.4 is 5.32 Å². The molecular formula is C12H25NO2. The summed E-state index contributed by atoms with van der Waals surface area (Å²) in [5, 5.41) is 12.7. The fraction of sp³-hybridized carbons (Fsp3) is 1.00. The highest BCUT2D eigenvalue weighted by molar-refractivity contribution is 4.92. The van der Waals surface area contributed by atoms with Gasteiger partial charge in [0.1, 0.15) is 0 Å². The van der Waals surface area contributed by atoms with Crippen molar-refractivity contribution in [1.82, 2.24) is 5.32 Å². The Bertz CT molecular complexity index is 174. The number of methoxy groups -OCH3 is 1. The fourth-order valence-corrected chi connectivity index (χ4v) is 2.25. The van der Waals surface area contributed by atoms with E-state index in [1.54, 1.807) is 7.11 Å². The van der Waals surface area contributed by atoms with Gasteiger partial charge in [0.25, 0.3) is 0 Å². The van der Waals surface area contributed by atoms with Crippen molar-refractivity contribution in [2.75, 3.05) is 20.3 Å². The zero-order chi connectivity index (χ0) is 11.3. The maximum absolute atomic E-state index is 9.07. The summed E-state index contributed by atoms with van der Waals surface area (Å²) in [5.74, 6) is 0.852. The van der Waals surface area contributed by atoms with Crippen LogP contribution in [0.5, 0.6) is 0 Å². The van der Waals surface area contributed by atoms with E-state index < -0.39 is 0 Å². The first-order valence-electron chi connectivity index (χ1n) is 6.02. The SMILES string of the molecule is CCC(NC(C)(CCO)COC)C1CC1. The van der Waals surface area contributed by atoms with Crippen molar-refractivity contribution in [2.45, 2.75) is 51.1 Å². The average Bonchev–Trinajstić information content (AvgIpc) is 2.98. The van der Waals surface area contributed by atoms with Crippen LogP contribution in [0.3, 0.4) is 0 Å². The van der Waals surface area contributed by atoms with Crippen molar-refractivity contribution in [1.29, 1.82) is 0 Å². The molecule has 2 unspecified atom stereocenters. The Morgan fingerprint density at radius 3 is 2.60 bits per heavy atom. The molecule has 0 aromatic carbocycles. The molecule has 1 saturated carbocycles. The Morgan fingerprint density at radius 1 is 1.53 bits per heavy atom. The Hall–Kier alpha value is -0.120. The van der Waals surface area contributed by atoms with Crippen LogP contribution in [0.25, 0.3) is 0 Å². The van der Waals surface area contributed by atoms with Gasteiger partial charge in [-0.3, -0.25) is 0 Å². The molecule has 0 aromatic heterocycles. The van der Waals surface area contributed by atoms with E-state index in [4.69, 9.17) is 9.84 Å². The first kappa shape index (κ1) is 12.9. The molecule has 0 bridgehead atoms. The van der Waals surface area contributed by atoms with Crippen molar-refractivity contribution in [3.8, 4) is 0 Å². The zero-order valence-corrected chi connectivity index (χ0v) is 10.3. The fourth-order valence-electron chi connectivity index (χ4n) is 2.25. The number of ether oxygens (including phenoxy) is 1. The van der Waals surface area contributed by atoms with Gasteiger partial charge < -0.3 is 15.2 Å². The summed E-state index contributed by atoms with van der Waals surface area (Å²) in [5.41, 5.74) is -0.0766. The number of hydrogen-bond acceptors (Lipinski definition) is 3. The van der Waals surface area contributed by atoms with E-state index in [2.05, 4.69) is 19.2 Å². The van der Waals surface area contributed by atoms with E-state index in [0.29, 0.717) is 12.6 Å². The van der Waals surface area contributed by atoms with E-state index in [1.807, 2.05) is 0 Å². The first-order chi connectivity index (χ1) is 7.15. The van der Waals surface area contributed by atoms with Gasteiger partial charge in [-0.05, 0) is 38.5 Å². The lowest BCUT2D eigenvalue weighted by Crippen LogP contribution is -2.52. The largest absolute Gasteiger partial charge is 0.396 e. The summed E-state index contributed by atoms with van der Waals surface area (Å²) in [6, 6.07) is 0.594. The summed E-state index contributed by atoms with van der Waals surface area (Å²) < 4.78 is 5.23. The number of aliphatic hydroxyl groups is 1. The van der Waals surface area contributed by atoms with Crippen LogP contribution in [-0.4, -0.2) is 37.0 Å². The smallest absolute Gasteiger partial charge is 0.0642 e. The minimum atomic E-state index is -0.0766. The van der Waals surface area contributed by atoms with Gasteiger partial charge in [0.2, 0.25) is 0 Å². The number of hydrogen-bond donors (Lipinski definition) is 2. The second-order valence-corrected chi connectivity index (χ2v) is 4.96. The van der Waals surface area contributed by atoms with Crippen LogP contribution in [-0.2, 0) is 4.74 Å². The Morgan fingerprint density at radius 2 is 2.20 bits per heavy atom. The molecule has 3 nitrogen and oxygen atoms in total. The van der Waals surface area contributed by atoms with E-state index in [1.165, 1.54) is 12.8 Å². The van der Waals surface area contributed by atoms with Crippen LogP contribution >= 0.6 is 0 Å². The number of rotatable bonds is 8. The molecule has 2 atom stereocenters. The maximum atomic E-state index is 9.07. The molecule has 3 heteroatoms. The predicted molar refractivity (Wildman–Crippen MR) is 61.9 cm³/mol. The molecule has 1 fully saturated rings. The molecule has 1 rings (SSSR count).